The molecule has 1 aliphatic carbocycles. The van der Waals surface area contributed by atoms with E-state index in [0.717, 1.165) is 5.57 Å². The molecule has 1 aromatic carbocycles. The highest BCUT2D eigenvalue weighted by Crippen LogP contribution is 2.45. The van der Waals surface area contributed by atoms with Crippen molar-refractivity contribution in [2.45, 2.75) is 89.3 Å². The molecular weight excluding hydrogens is 608 g/mol. The predicted molar refractivity (Wildman–Crippen MR) is 162 cm³/mol. The summed E-state index contributed by atoms with van der Waals surface area (Å²) in [6, 6.07) is 4.63. The Bertz CT molecular complexity index is 1410. The van der Waals surface area contributed by atoms with Gasteiger partial charge in [-0.1, -0.05) is 23.7 Å². The normalized spacial score (nSPS) is 21.1. The van der Waals surface area contributed by atoms with Gasteiger partial charge in [-0.15, -0.1) is 12.4 Å². The van der Waals surface area contributed by atoms with Crippen molar-refractivity contribution in [2.75, 3.05) is 5.73 Å². The van der Waals surface area contributed by atoms with Gasteiger partial charge < -0.3 is 26.0 Å². The zero-order chi connectivity index (χ0) is 31.0. The van der Waals surface area contributed by atoms with Gasteiger partial charge in [-0.2, -0.15) is 18.2 Å². The zero-order valence-corrected chi connectivity index (χ0v) is 25.9. The summed E-state index contributed by atoms with van der Waals surface area (Å²) in [7, 11) is 0. The third-order valence-electron chi connectivity index (χ3n) is 7.33. The molecule has 1 aromatic heterocycles. The molecule has 0 amide bonds. The lowest BCUT2D eigenvalue weighted by Gasteiger charge is -2.40. The van der Waals surface area contributed by atoms with E-state index >= 15 is 0 Å². The molecule has 4 rings (SSSR count). The molecule has 0 saturated heterocycles. The number of ether oxygens (including phenoxy) is 2. The molecule has 2 heterocycles. The van der Waals surface area contributed by atoms with Gasteiger partial charge in [-0.3, -0.25) is 4.79 Å². The van der Waals surface area contributed by atoms with E-state index in [1.54, 1.807) is 0 Å². The first-order chi connectivity index (χ1) is 19.4. The summed E-state index contributed by atoms with van der Waals surface area (Å²) >= 11 is 6.28. The molecule has 43 heavy (non-hydrogen) atoms. The number of nitrogens with two attached hydrogens (primary N) is 2. The molecule has 8 nitrogen and oxygen atoms in total. The Morgan fingerprint density at radius 3 is 2.49 bits per heavy atom. The fraction of sp³-hybridized carbons (Fsp3) is 0.500. The smallest absolute Gasteiger partial charge is 0.429 e. The van der Waals surface area contributed by atoms with Crippen LogP contribution in [0.4, 0.5) is 19.1 Å². The summed E-state index contributed by atoms with van der Waals surface area (Å²) in [6.45, 7) is 7.47. The summed E-state index contributed by atoms with van der Waals surface area (Å²) in [4.78, 5) is 19.3. The van der Waals surface area contributed by atoms with Crippen molar-refractivity contribution in [3.63, 3.8) is 0 Å². The van der Waals surface area contributed by atoms with Gasteiger partial charge in [0.05, 0.1) is 16.9 Å². The van der Waals surface area contributed by atoms with Crippen molar-refractivity contribution < 1.29 is 32.5 Å². The molecular formula is C30H37Cl2F3N4O4. The molecule has 0 saturated carbocycles. The summed E-state index contributed by atoms with van der Waals surface area (Å²) in [5, 5.41) is 9.38. The van der Waals surface area contributed by atoms with Crippen LogP contribution in [-0.4, -0.2) is 44.5 Å². The van der Waals surface area contributed by atoms with Crippen molar-refractivity contribution in [3.05, 3.63) is 58.3 Å². The van der Waals surface area contributed by atoms with Gasteiger partial charge >= 0.3 is 12.1 Å². The lowest BCUT2D eigenvalue weighted by molar-refractivity contribution is -0.198. The van der Waals surface area contributed by atoms with Crippen molar-refractivity contribution >= 4 is 47.1 Å². The molecule has 1 aliphatic heterocycles. The summed E-state index contributed by atoms with van der Waals surface area (Å²) in [5.41, 5.74) is 12.2. The van der Waals surface area contributed by atoms with E-state index in [-0.39, 0.29) is 40.7 Å². The van der Waals surface area contributed by atoms with Crippen LogP contribution in [0.3, 0.4) is 0 Å². The number of halogens is 5. The van der Waals surface area contributed by atoms with Crippen molar-refractivity contribution in [1.29, 1.82) is 0 Å². The number of benzene rings is 1. The van der Waals surface area contributed by atoms with E-state index in [2.05, 4.69) is 9.97 Å². The second kappa shape index (κ2) is 13.0. The summed E-state index contributed by atoms with van der Waals surface area (Å²) in [6.07, 6.45) is -1.05. The molecule has 0 radical (unpaired) electrons. The number of hydrogen-bond acceptors (Lipinski definition) is 7. The molecule has 2 aliphatic rings. The minimum Gasteiger partial charge on any atom is -0.480 e. The van der Waals surface area contributed by atoms with Gasteiger partial charge in [0.25, 0.3) is 0 Å². The average molecular weight is 646 g/mol. The number of carbonyl (C=O) groups is 1. The molecule has 13 heteroatoms. The lowest BCUT2D eigenvalue weighted by atomic mass is 9.83. The fourth-order valence-corrected chi connectivity index (χ4v) is 5.98. The van der Waals surface area contributed by atoms with Crippen LogP contribution in [-0.2, 0) is 9.53 Å². The molecule has 236 valence electrons. The largest absolute Gasteiger partial charge is 0.480 e. The molecule has 0 bridgehead atoms. The highest BCUT2D eigenvalue weighted by Gasteiger charge is 2.46. The standard InChI is InChI=1S/C30H36ClF3N4O4.ClH/c1-28(2)14-18(15-29(3,4)42-28)21-12-19(31)9-10-20(21)25(30(32,33)34)41-24-13-23(37-27(36)38-24)17-7-5-16(6-8-17)11-22(35)26(39)40;/h7,9-10,12-14,16,22,25H,5-6,8,11,15,35H2,1-4H3,(H,39,40)(H2,36,37,38);1H. The van der Waals surface area contributed by atoms with Crippen LogP contribution in [0.5, 0.6) is 5.88 Å². The first-order valence-electron chi connectivity index (χ1n) is 13.7. The maximum atomic E-state index is 14.7. The number of aromatic nitrogens is 2. The van der Waals surface area contributed by atoms with Crippen LogP contribution in [0.2, 0.25) is 5.02 Å². The quantitative estimate of drug-likeness (QED) is 0.275. The van der Waals surface area contributed by atoms with Crippen LogP contribution in [0, 0.1) is 5.92 Å². The molecule has 3 unspecified atom stereocenters. The van der Waals surface area contributed by atoms with Gasteiger partial charge in [0.15, 0.2) is 0 Å². The van der Waals surface area contributed by atoms with Crippen molar-refractivity contribution in [3.8, 4) is 5.88 Å². The molecule has 5 N–H and O–H groups in total. The number of aliphatic carboxylic acids is 1. The predicted octanol–water partition coefficient (Wildman–Crippen LogP) is 7.16. The van der Waals surface area contributed by atoms with E-state index in [9.17, 15) is 18.0 Å². The number of alkyl halides is 3. The number of allylic oxidation sites excluding steroid dienone is 2. The van der Waals surface area contributed by atoms with E-state index in [4.69, 9.17) is 37.6 Å². The van der Waals surface area contributed by atoms with Crippen LogP contribution in [0.1, 0.15) is 82.7 Å². The number of rotatable bonds is 8. The minimum atomic E-state index is -4.81. The van der Waals surface area contributed by atoms with Crippen LogP contribution >= 0.6 is 24.0 Å². The Morgan fingerprint density at radius 1 is 1.21 bits per heavy atom. The monoisotopic (exact) mass is 644 g/mol. The first kappa shape index (κ1) is 34.6. The van der Waals surface area contributed by atoms with Gasteiger partial charge in [0, 0.05) is 23.1 Å². The number of nitrogens with zero attached hydrogens (tertiary/aromatic N) is 2. The molecule has 0 fully saturated rings. The average Bonchev–Trinajstić information content (AvgIpc) is 2.85. The number of carboxylic acid groups (broad SMARTS) is 1. The maximum absolute atomic E-state index is 14.7. The Kier molecular flexibility index (Phi) is 10.5. The van der Waals surface area contributed by atoms with Gasteiger partial charge in [0.1, 0.15) is 6.04 Å². The maximum Gasteiger partial charge on any atom is 0.429 e. The number of hydrogen-bond donors (Lipinski definition) is 3. The zero-order valence-electron chi connectivity index (χ0n) is 24.4. The number of anilines is 1. The number of carboxylic acids is 1. The van der Waals surface area contributed by atoms with E-state index < -0.39 is 35.5 Å². The third kappa shape index (κ3) is 8.84. The number of nitrogen functional groups attached to an aromatic ring is 1. The van der Waals surface area contributed by atoms with E-state index in [0.29, 0.717) is 48.9 Å². The van der Waals surface area contributed by atoms with E-state index in [1.807, 2.05) is 39.8 Å². The lowest BCUT2D eigenvalue weighted by Crippen LogP contribution is -2.40. The topological polar surface area (TPSA) is 134 Å². The third-order valence-corrected chi connectivity index (χ3v) is 7.57. The van der Waals surface area contributed by atoms with Crippen LogP contribution in [0.25, 0.3) is 11.1 Å². The fourth-order valence-electron chi connectivity index (χ4n) is 5.81. The van der Waals surface area contributed by atoms with Gasteiger partial charge in [0.2, 0.25) is 17.9 Å². The summed E-state index contributed by atoms with van der Waals surface area (Å²) < 4.78 is 55.7. The highest BCUT2D eigenvalue weighted by molar-refractivity contribution is 6.30. The van der Waals surface area contributed by atoms with Gasteiger partial charge in [-0.05, 0) is 94.2 Å². The van der Waals surface area contributed by atoms with Crippen molar-refractivity contribution in [2.24, 2.45) is 11.7 Å². The molecule has 3 atom stereocenters. The second-order valence-electron chi connectivity index (χ2n) is 12.1. The van der Waals surface area contributed by atoms with Gasteiger partial charge in [-0.25, -0.2) is 4.98 Å². The van der Waals surface area contributed by atoms with Crippen molar-refractivity contribution in [1.82, 2.24) is 9.97 Å². The Balaban J connectivity index is 0.00000506. The first-order valence-corrected chi connectivity index (χ1v) is 14.1. The Morgan fingerprint density at radius 2 is 1.91 bits per heavy atom. The summed E-state index contributed by atoms with van der Waals surface area (Å²) in [5.74, 6) is -1.54. The molecule has 2 aromatic rings. The SMILES string of the molecule is CC1(C)C=C(c2cc(Cl)ccc2C(Oc2cc(C3=CCC(CC(N)C(=O)O)CC3)nc(N)n2)C(F)(F)F)CC(C)(C)O1.Cl. The van der Waals surface area contributed by atoms with E-state index in [1.165, 1.54) is 24.3 Å². The highest BCUT2D eigenvalue weighted by atomic mass is 35.5. The second-order valence-corrected chi connectivity index (χ2v) is 12.5. The molecule has 0 spiro atoms. The van der Waals surface area contributed by atoms with Crippen LogP contribution < -0.4 is 16.2 Å². The Hall–Kier alpha value is -2.86. The minimum absolute atomic E-state index is 0. The van der Waals surface area contributed by atoms with Crippen LogP contribution in [0.15, 0.2) is 36.4 Å². The Labute approximate surface area is 260 Å².